The van der Waals surface area contributed by atoms with Crippen LogP contribution in [0.15, 0.2) is 22.7 Å². The van der Waals surface area contributed by atoms with Crippen LogP contribution in [0.25, 0.3) is 0 Å². The van der Waals surface area contributed by atoms with Gasteiger partial charge in [-0.15, -0.1) is 6.42 Å². The zero-order valence-electron chi connectivity index (χ0n) is 12.4. The molecule has 21 heavy (non-hydrogen) atoms. The second-order valence-corrected chi connectivity index (χ2v) is 5.67. The van der Waals surface area contributed by atoms with Gasteiger partial charge in [-0.2, -0.15) is 0 Å². The van der Waals surface area contributed by atoms with E-state index < -0.39 is 6.10 Å². The van der Waals surface area contributed by atoms with Crippen molar-refractivity contribution in [2.45, 2.75) is 38.8 Å². The normalized spacial score (nSPS) is 13.1. The Balaban J connectivity index is 2.68. The van der Waals surface area contributed by atoms with Crippen molar-refractivity contribution in [3.8, 4) is 18.1 Å². The molecule has 1 aromatic rings. The molecule has 2 unspecified atom stereocenters. The van der Waals surface area contributed by atoms with Crippen LogP contribution in [0.5, 0.6) is 5.75 Å². The van der Waals surface area contributed by atoms with Gasteiger partial charge in [-0.1, -0.05) is 18.9 Å². The first-order valence-electron chi connectivity index (χ1n) is 6.89. The number of amides is 1. The van der Waals surface area contributed by atoms with E-state index in [1.807, 2.05) is 18.2 Å². The molecule has 1 rings (SSSR count). The monoisotopic (exact) mass is 352 g/mol. The molecule has 0 heterocycles. The van der Waals surface area contributed by atoms with Gasteiger partial charge in [-0.3, -0.25) is 4.79 Å². The Morgan fingerprint density at radius 3 is 2.86 bits per heavy atom. The molecule has 4 nitrogen and oxygen atoms in total. The Morgan fingerprint density at radius 2 is 2.29 bits per heavy atom. The topological polar surface area (TPSA) is 64.3 Å². The summed E-state index contributed by atoms with van der Waals surface area (Å²) in [6.45, 7) is 3.94. The Kier molecular flexibility index (Phi) is 7.27. The van der Waals surface area contributed by atoms with Gasteiger partial charge in [0.15, 0.2) is 6.10 Å². The molecule has 0 saturated carbocycles. The number of terminal acetylenes is 1. The molecule has 5 heteroatoms. The van der Waals surface area contributed by atoms with Crippen LogP contribution in [0.2, 0.25) is 0 Å². The number of nitrogens with one attached hydrogen (secondary N) is 1. The van der Waals surface area contributed by atoms with Crippen LogP contribution in [0, 0.1) is 12.3 Å². The Bertz CT molecular complexity index is 525. The molecule has 0 radical (unpaired) electrons. The lowest BCUT2D eigenvalue weighted by Gasteiger charge is -2.16. The first-order chi connectivity index (χ1) is 9.97. The highest BCUT2D eigenvalue weighted by molar-refractivity contribution is 9.10. The number of carbonyl (C=O) groups is 1. The fourth-order valence-electron chi connectivity index (χ4n) is 1.74. The maximum atomic E-state index is 11.7. The molecule has 0 fully saturated rings. The van der Waals surface area contributed by atoms with Crippen LogP contribution in [0.4, 0.5) is 0 Å². The minimum atomic E-state index is -0.613. The first kappa shape index (κ1) is 17.5. The van der Waals surface area contributed by atoms with Crippen LogP contribution < -0.4 is 15.8 Å². The smallest absolute Gasteiger partial charge is 0.261 e. The fraction of sp³-hybridized carbons (Fsp3) is 0.438. The zero-order valence-corrected chi connectivity index (χ0v) is 13.9. The van der Waals surface area contributed by atoms with Crippen LogP contribution in [0.1, 0.15) is 25.8 Å². The largest absolute Gasteiger partial charge is 0.480 e. The Labute approximate surface area is 134 Å². The third kappa shape index (κ3) is 5.78. The highest BCUT2D eigenvalue weighted by Crippen LogP contribution is 2.27. The van der Waals surface area contributed by atoms with Gasteiger partial charge >= 0.3 is 0 Å². The average molecular weight is 353 g/mol. The van der Waals surface area contributed by atoms with Crippen LogP contribution in [0.3, 0.4) is 0 Å². The second kappa shape index (κ2) is 8.71. The quantitative estimate of drug-likeness (QED) is 0.739. The Morgan fingerprint density at radius 1 is 1.57 bits per heavy atom. The third-order valence-electron chi connectivity index (χ3n) is 3.06. The van der Waals surface area contributed by atoms with E-state index in [9.17, 15) is 4.79 Å². The summed E-state index contributed by atoms with van der Waals surface area (Å²) in [5, 5.41) is 2.59. The van der Waals surface area contributed by atoms with Gasteiger partial charge in [0.25, 0.3) is 5.91 Å². The molecule has 0 aliphatic carbocycles. The van der Waals surface area contributed by atoms with E-state index in [0.717, 1.165) is 22.9 Å². The number of halogens is 1. The third-order valence-corrected chi connectivity index (χ3v) is 3.68. The minimum absolute atomic E-state index is 0.150. The summed E-state index contributed by atoms with van der Waals surface area (Å²) in [6.07, 6.45) is 6.23. The van der Waals surface area contributed by atoms with E-state index in [2.05, 4.69) is 34.1 Å². The molecule has 0 aliphatic heterocycles. The average Bonchev–Trinajstić information content (AvgIpc) is 2.47. The van der Waals surface area contributed by atoms with Gasteiger partial charge in [0.2, 0.25) is 0 Å². The molecule has 3 N–H and O–H groups in total. The molecule has 1 aromatic carbocycles. The summed E-state index contributed by atoms with van der Waals surface area (Å²) in [7, 11) is 0. The van der Waals surface area contributed by atoms with Crippen molar-refractivity contribution in [3.63, 3.8) is 0 Å². The fourth-order valence-corrected chi connectivity index (χ4v) is 2.26. The Hall–Kier alpha value is -1.51. The zero-order chi connectivity index (χ0) is 15.8. The van der Waals surface area contributed by atoms with E-state index in [1.165, 1.54) is 0 Å². The summed E-state index contributed by atoms with van der Waals surface area (Å²) in [4.78, 5) is 11.7. The molecule has 0 spiro atoms. The van der Waals surface area contributed by atoms with E-state index in [-0.39, 0.29) is 18.5 Å². The summed E-state index contributed by atoms with van der Waals surface area (Å²) in [5.74, 6) is 2.73. The van der Waals surface area contributed by atoms with Crippen molar-refractivity contribution in [1.29, 1.82) is 0 Å². The lowest BCUT2D eigenvalue weighted by Crippen LogP contribution is -2.36. The van der Waals surface area contributed by atoms with Gasteiger partial charge in [-0.05, 0) is 53.4 Å². The highest BCUT2D eigenvalue weighted by Gasteiger charge is 2.15. The lowest BCUT2D eigenvalue weighted by atomic mass is 10.0. The molecule has 0 bridgehead atoms. The van der Waals surface area contributed by atoms with Gasteiger partial charge in [0.1, 0.15) is 5.75 Å². The molecule has 0 aliphatic rings. The van der Waals surface area contributed by atoms with Crippen LogP contribution in [-0.2, 0) is 11.2 Å². The molecule has 0 aromatic heterocycles. The summed E-state index contributed by atoms with van der Waals surface area (Å²) in [5.41, 5.74) is 7.08. The standard InChI is InChI=1S/C16H21BrN2O2/c1-4-8-19-16(20)11(3)21-15-7-6-12(10-14(15)17)9-13(18)5-2/h1,6-7,10-11,13H,5,8-9,18H2,2-3H3,(H,19,20). The summed E-state index contributed by atoms with van der Waals surface area (Å²) < 4.78 is 6.44. The van der Waals surface area contributed by atoms with Crippen molar-refractivity contribution < 1.29 is 9.53 Å². The second-order valence-electron chi connectivity index (χ2n) is 4.82. The molecule has 1 amide bonds. The number of nitrogens with two attached hydrogens (primary N) is 1. The number of hydrogen-bond donors (Lipinski definition) is 2. The number of hydrogen-bond acceptors (Lipinski definition) is 3. The van der Waals surface area contributed by atoms with Crippen LogP contribution in [-0.4, -0.2) is 24.6 Å². The number of ether oxygens (including phenoxy) is 1. The predicted octanol–water partition coefficient (Wildman–Crippen LogP) is 2.25. The van der Waals surface area contributed by atoms with E-state index in [0.29, 0.717) is 5.75 Å². The van der Waals surface area contributed by atoms with Crippen LogP contribution >= 0.6 is 15.9 Å². The summed E-state index contributed by atoms with van der Waals surface area (Å²) in [6, 6.07) is 5.92. The van der Waals surface area contributed by atoms with Crippen molar-refractivity contribution >= 4 is 21.8 Å². The molecule has 0 saturated heterocycles. The van der Waals surface area contributed by atoms with E-state index >= 15 is 0 Å². The van der Waals surface area contributed by atoms with Crippen molar-refractivity contribution in [3.05, 3.63) is 28.2 Å². The van der Waals surface area contributed by atoms with Crippen molar-refractivity contribution in [2.75, 3.05) is 6.54 Å². The molecule has 114 valence electrons. The van der Waals surface area contributed by atoms with Crippen molar-refractivity contribution in [2.24, 2.45) is 5.73 Å². The number of rotatable bonds is 7. The summed E-state index contributed by atoms with van der Waals surface area (Å²) >= 11 is 3.46. The van der Waals surface area contributed by atoms with Gasteiger partial charge in [0, 0.05) is 6.04 Å². The molecular formula is C16H21BrN2O2. The molecule has 2 atom stereocenters. The maximum Gasteiger partial charge on any atom is 0.261 e. The SMILES string of the molecule is C#CCNC(=O)C(C)Oc1ccc(CC(N)CC)cc1Br. The minimum Gasteiger partial charge on any atom is -0.480 e. The van der Waals surface area contributed by atoms with Crippen molar-refractivity contribution in [1.82, 2.24) is 5.32 Å². The molecular weight excluding hydrogens is 332 g/mol. The predicted molar refractivity (Wildman–Crippen MR) is 88.0 cm³/mol. The number of carbonyl (C=O) groups excluding carboxylic acids is 1. The van der Waals surface area contributed by atoms with E-state index in [1.54, 1.807) is 6.92 Å². The van der Waals surface area contributed by atoms with E-state index in [4.69, 9.17) is 16.9 Å². The maximum absolute atomic E-state index is 11.7. The highest BCUT2D eigenvalue weighted by atomic mass is 79.9. The number of benzene rings is 1. The lowest BCUT2D eigenvalue weighted by molar-refractivity contribution is -0.127. The van der Waals surface area contributed by atoms with Gasteiger partial charge < -0.3 is 15.8 Å². The van der Waals surface area contributed by atoms with Gasteiger partial charge in [-0.25, -0.2) is 0 Å². The first-order valence-corrected chi connectivity index (χ1v) is 7.69. The van der Waals surface area contributed by atoms with Gasteiger partial charge in [0.05, 0.1) is 11.0 Å².